The fraction of sp³-hybridized carbons (Fsp3) is 0.778. The molecule has 1 fully saturated rings. The Bertz CT molecular complexity index is 267. The van der Waals surface area contributed by atoms with Crippen LogP contribution in [0.4, 0.5) is 4.39 Å². The van der Waals surface area contributed by atoms with Crippen molar-refractivity contribution in [3.05, 3.63) is 11.9 Å². The molecule has 2 nitrogen and oxygen atoms in total. The molecule has 1 saturated heterocycles. The molecule has 1 atom stereocenters. The van der Waals surface area contributed by atoms with Crippen molar-refractivity contribution in [3.8, 4) is 0 Å². The minimum absolute atomic E-state index is 0.162. The summed E-state index contributed by atoms with van der Waals surface area (Å²) < 4.78 is 34.3. The third kappa shape index (κ3) is 1.67. The Balaban J connectivity index is 2.85. The summed E-state index contributed by atoms with van der Waals surface area (Å²) in [6, 6.07) is 0. The summed E-state index contributed by atoms with van der Waals surface area (Å²) >= 11 is 0. The van der Waals surface area contributed by atoms with E-state index in [1.54, 1.807) is 6.92 Å². The number of hydrogen-bond acceptors (Lipinski definition) is 2. The Kier molecular flexibility index (Phi) is 1.80. The van der Waals surface area contributed by atoms with Crippen molar-refractivity contribution in [2.45, 2.75) is 13.3 Å². The molecule has 1 aliphatic heterocycles. The van der Waals surface area contributed by atoms with Gasteiger partial charge in [0.05, 0.1) is 12.9 Å². The van der Waals surface area contributed by atoms with Gasteiger partial charge in [-0.1, -0.05) is 6.92 Å². The lowest BCUT2D eigenvalue weighted by Crippen LogP contribution is -2.43. The number of rotatable bonds is 1. The molecule has 1 aliphatic rings. The third-order valence-electron chi connectivity index (χ3n) is 2.45. The molecule has 1 rings (SSSR count). The zero-order valence-electron chi connectivity index (χ0n) is 10.2. The largest absolute Gasteiger partial charge is 0.395 e. The van der Waals surface area contributed by atoms with Gasteiger partial charge in [0.1, 0.15) is 0 Å². The van der Waals surface area contributed by atoms with Crippen LogP contribution in [-0.2, 0) is 0 Å². The molecule has 0 amide bonds. The van der Waals surface area contributed by atoms with Gasteiger partial charge in [0.15, 0.2) is 0 Å². The van der Waals surface area contributed by atoms with Crippen LogP contribution in [0.2, 0.25) is 0 Å². The van der Waals surface area contributed by atoms with Gasteiger partial charge < -0.3 is 10.0 Å². The summed E-state index contributed by atoms with van der Waals surface area (Å²) in [5.74, 6) is 0. The molecule has 1 unspecified atom stereocenters. The molecule has 0 radical (unpaired) electrons. The first-order valence-corrected chi connectivity index (χ1v) is 3.99. The van der Waals surface area contributed by atoms with Crippen LogP contribution in [0.5, 0.6) is 0 Å². The van der Waals surface area contributed by atoms with E-state index in [9.17, 15) is 9.50 Å². The second-order valence-electron chi connectivity index (χ2n) is 3.52. The Morgan fingerprint density at radius 1 is 1.92 bits per heavy atom. The van der Waals surface area contributed by atoms with Crippen molar-refractivity contribution in [1.29, 1.82) is 0 Å². The molecule has 70 valence electrons. The van der Waals surface area contributed by atoms with E-state index < -0.39 is 12.4 Å². The Hall–Kier alpha value is -0.410. The lowest BCUT2D eigenvalue weighted by atomic mass is 9.79. The number of hydrogen-bond donors (Lipinski definition) is 1. The maximum atomic E-state index is 12.6. The zero-order valence-corrected chi connectivity index (χ0v) is 7.18. The second kappa shape index (κ2) is 3.54. The molecule has 0 aromatic carbocycles. The monoisotopic (exact) mass is 176 g/mol. The maximum absolute atomic E-state index is 12.6. The average molecular weight is 176 g/mol. The number of nitrogens with zero attached hydrogens (tertiary/aromatic N) is 1. The molecule has 12 heavy (non-hydrogen) atoms. The van der Waals surface area contributed by atoms with Crippen molar-refractivity contribution in [2.75, 3.05) is 26.7 Å². The number of halogens is 1. The van der Waals surface area contributed by atoms with Crippen LogP contribution in [0.3, 0.4) is 0 Å². The highest BCUT2D eigenvalue weighted by Gasteiger charge is 2.33. The van der Waals surface area contributed by atoms with Crippen LogP contribution in [0.25, 0.3) is 0 Å². The average Bonchev–Trinajstić information content (AvgIpc) is 2.16. The van der Waals surface area contributed by atoms with E-state index in [0.717, 1.165) is 0 Å². The van der Waals surface area contributed by atoms with E-state index in [1.807, 2.05) is 0 Å². The van der Waals surface area contributed by atoms with Gasteiger partial charge in [0, 0.05) is 22.6 Å². The van der Waals surface area contributed by atoms with Crippen LogP contribution in [0, 0.1) is 5.41 Å². The number of likely N-dealkylation sites (tertiary alicyclic amines) is 1. The van der Waals surface area contributed by atoms with Crippen LogP contribution < -0.4 is 0 Å². The minimum Gasteiger partial charge on any atom is -0.395 e. The Labute approximate surface area is 76.9 Å². The topological polar surface area (TPSA) is 23.5 Å². The van der Waals surface area contributed by atoms with Gasteiger partial charge in [-0.05, 0) is 19.0 Å². The normalized spacial score (nSPS) is 40.6. The summed E-state index contributed by atoms with van der Waals surface area (Å²) in [5, 5.41) is 9.22. The smallest absolute Gasteiger partial charge is 0.0866 e. The molecule has 0 spiro atoms. The lowest BCUT2D eigenvalue weighted by molar-refractivity contribution is 0.102. The van der Waals surface area contributed by atoms with Crippen LogP contribution >= 0.6 is 0 Å². The van der Waals surface area contributed by atoms with Gasteiger partial charge >= 0.3 is 0 Å². The molecule has 1 heterocycles. The SMILES string of the molecule is [2H]C([2H])([2H])N1CCC(=CF)C(C)(CO)C1. The van der Waals surface area contributed by atoms with Crippen molar-refractivity contribution in [1.82, 2.24) is 4.90 Å². The van der Waals surface area contributed by atoms with E-state index in [4.69, 9.17) is 4.11 Å². The lowest BCUT2D eigenvalue weighted by Gasteiger charge is -2.39. The van der Waals surface area contributed by atoms with Crippen LogP contribution in [-0.4, -0.2) is 36.7 Å². The highest BCUT2D eigenvalue weighted by atomic mass is 19.1. The Morgan fingerprint density at radius 3 is 3.17 bits per heavy atom. The number of aliphatic hydroxyl groups is 1. The van der Waals surface area contributed by atoms with E-state index in [-0.39, 0.29) is 13.2 Å². The first-order chi connectivity index (χ1) is 6.83. The highest BCUT2D eigenvalue weighted by molar-refractivity contribution is 5.15. The standard InChI is InChI=1S/C9H16FNO/c1-9(7-12)6-11(2)4-3-8(9)5-10/h5,12H,3-4,6-7H2,1-2H3/i2D3. The minimum atomic E-state index is -2.17. The molecular weight excluding hydrogens is 157 g/mol. The van der Waals surface area contributed by atoms with E-state index >= 15 is 0 Å². The quantitative estimate of drug-likeness (QED) is 0.648. The van der Waals surface area contributed by atoms with E-state index in [0.29, 0.717) is 24.9 Å². The molecule has 3 heteroatoms. The number of aliphatic hydroxyl groups excluding tert-OH is 1. The van der Waals surface area contributed by atoms with Gasteiger partial charge in [0.25, 0.3) is 0 Å². The fourth-order valence-electron chi connectivity index (χ4n) is 1.50. The van der Waals surface area contributed by atoms with Crippen molar-refractivity contribution >= 4 is 0 Å². The van der Waals surface area contributed by atoms with Crippen molar-refractivity contribution < 1.29 is 13.6 Å². The van der Waals surface area contributed by atoms with Crippen molar-refractivity contribution in [3.63, 3.8) is 0 Å². The van der Waals surface area contributed by atoms with Gasteiger partial charge in [0.2, 0.25) is 0 Å². The molecule has 0 aromatic heterocycles. The summed E-state index contributed by atoms with van der Waals surface area (Å²) in [6.07, 6.45) is 0.846. The maximum Gasteiger partial charge on any atom is 0.0866 e. The van der Waals surface area contributed by atoms with E-state index in [2.05, 4.69) is 0 Å². The van der Waals surface area contributed by atoms with Gasteiger partial charge in [-0.15, -0.1) is 0 Å². The molecule has 0 saturated carbocycles. The zero-order chi connectivity index (χ0) is 11.7. The van der Waals surface area contributed by atoms with Crippen LogP contribution in [0.15, 0.2) is 11.9 Å². The number of piperidine rings is 1. The van der Waals surface area contributed by atoms with Crippen LogP contribution in [0.1, 0.15) is 17.5 Å². The highest BCUT2D eigenvalue weighted by Crippen LogP contribution is 2.33. The molecular formula is C9H16FNO. The van der Waals surface area contributed by atoms with Gasteiger partial charge in [-0.3, -0.25) is 0 Å². The first-order valence-electron chi connectivity index (χ1n) is 5.49. The van der Waals surface area contributed by atoms with Crippen molar-refractivity contribution in [2.24, 2.45) is 5.41 Å². The first kappa shape index (κ1) is 6.11. The molecule has 0 bridgehead atoms. The fourth-order valence-corrected chi connectivity index (χ4v) is 1.50. The third-order valence-corrected chi connectivity index (χ3v) is 2.45. The summed E-state index contributed by atoms with van der Waals surface area (Å²) in [4.78, 5) is 1.30. The van der Waals surface area contributed by atoms with E-state index in [1.165, 1.54) is 4.90 Å². The second-order valence-corrected chi connectivity index (χ2v) is 3.52. The molecule has 1 N–H and O–H groups in total. The molecule has 0 aliphatic carbocycles. The van der Waals surface area contributed by atoms with Gasteiger partial charge in [-0.2, -0.15) is 0 Å². The molecule has 0 aromatic rings. The summed E-state index contributed by atoms with van der Waals surface area (Å²) in [6.45, 7) is -0.262. The predicted molar refractivity (Wildman–Crippen MR) is 46.5 cm³/mol. The van der Waals surface area contributed by atoms with Gasteiger partial charge in [-0.25, -0.2) is 4.39 Å². The summed E-state index contributed by atoms with van der Waals surface area (Å²) in [5.41, 5.74) is -0.285. The Morgan fingerprint density at radius 2 is 2.67 bits per heavy atom. The summed E-state index contributed by atoms with van der Waals surface area (Å²) in [7, 11) is 0. The predicted octanol–water partition coefficient (Wildman–Crippen LogP) is 1.17.